The first-order valence-electron chi connectivity index (χ1n) is 6.65. The molecule has 128 valence electrons. The molecule has 1 N–H and O–H groups in total. The molecule has 0 saturated carbocycles. The number of anilines is 2. The van der Waals surface area contributed by atoms with Crippen molar-refractivity contribution in [2.24, 2.45) is 0 Å². The molecule has 0 unspecified atom stereocenters. The van der Waals surface area contributed by atoms with Crippen LogP contribution in [0.1, 0.15) is 0 Å². The van der Waals surface area contributed by atoms with Crippen LogP contribution in [0.25, 0.3) is 0 Å². The average Bonchev–Trinajstić information content (AvgIpc) is 2.46. The van der Waals surface area contributed by atoms with Crippen LogP contribution in [0.5, 0.6) is 0 Å². The van der Waals surface area contributed by atoms with Crippen LogP contribution < -0.4 is 9.62 Å². The third kappa shape index (κ3) is 4.75. The minimum atomic E-state index is -3.74. The van der Waals surface area contributed by atoms with Crippen LogP contribution >= 0.6 is 15.9 Å². The van der Waals surface area contributed by atoms with Gasteiger partial charge in [0, 0.05) is 10.5 Å². The zero-order chi connectivity index (χ0) is 17.9. The van der Waals surface area contributed by atoms with Gasteiger partial charge >= 0.3 is 0 Å². The number of nitrogens with zero attached hydrogens (tertiary/aromatic N) is 1. The highest BCUT2D eigenvalue weighted by molar-refractivity contribution is 9.10. The molecule has 0 saturated heterocycles. The molecular formula is C15H13BrF2N2O3S. The molecular weight excluding hydrogens is 406 g/mol. The van der Waals surface area contributed by atoms with E-state index in [1.807, 2.05) is 0 Å². The van der Waals surface area contributed by atoms with Crippen LogP contribution in [0.4, 0.5) is 20.2 Å². The Balaban J connectivity index is 2.22. The van der Waals surface area contributed by atoms with Gasteiger partial charge in [0.25, 0.3) is 0 Å². The summed E-state index contributed by atoms with van der Waals surface area (Å²) >= 11 is 3.23. The molecule has 0 spiro atoms. The Kier molecular flexibility index (Phi) is 5.55. The first-order valence-corrected chi connectivity index (χ1v) is 9.29. The molecule has 5 nitrogen and oxygen atoms in total. The Morgan fingerprint density at radius 3 is 2.50 bits per heavy atom. The van der Waals surface area contributed by atoms with Gasteiger partial charge in [-0.1, -0.05) is 22.0 Å². The SMILES string of the molecule is CS(=O)(=O)N(CC(=O)Nc1ccc(F)cc1F)c1cccc(Br)c1. The minimum absolute atomic E-state index is 0.232. The molecule has 0 aliphatic rings. The minimum Gasteiger partial charge on any atom is -0.322 e. The van der Waals surface area contributed by atoms with Gasteiger partial charge in [0.2, 0.25) is 15.9 Å². The molecule has 2 rings (SSSR count). The normalized spacial score (nSPS) is 11.2. The van der Waals surface area contributed by atoms with Crippen LogP contribution in [0.2, 0.25) is 0 Å². The van der Waals surface area contributed by atoms with Crippen molar-refractivity contribution in [2.45, 2.75) is 0 Å². The molecule has 0 bridgehead atoms. The number of halogens is 3. The Labute approximate surface area is 146 Å². The maximum absolute atomic E-state index is 13.6. The van der Waals surface area contributed by atoms with Crippen molar-refractivity contribution in [1.82, 2.24) is 0 Å². The quantitative estimate of drug-likeness (QED) is 0.810. The summed E-state index contributed by atoms with van der Waals surface area (Å²) in [6, 6.07) is 9.06. The molecule has 0 atom stereocenters. The molecule has 0 heterocycles. The fourth-order valence-electron chi connectivity index (χ4n) is 1.94. The lowest BCUT2D eigenvalue weighted by Gasteiger charge is -2.22. The molecule has 0 aromatic heterocycles. The van der Waals surface area contributed by atoms with Gasteiger partial charge in [-0.2, -0.15) is 0 Å². The number of carbonyl (C=O) groups is 1. The highest BCUT2D eigenvalue weighted by Crippen LogP contribution is 2.22. The fraction of sp³-hybridized carbons (Fsp3) is 0.133. The van der Waals surface area contributed by atoms with E-state index in [0.717, 1.165) is 22.7 Å². The van der Waals surface area contributed by atoms with Crippen molar-refractivity contribution >= 4 is 43.2 Å². The van der Waals surface area contributed by atoms with Crippen molar-refractivity contribution < 1.29 is 22.0 Å². The number of benzene rings is 2. The first-order chi connectivity index (χ1) is 11.2. The van der Waals surface area contributed by atoms with Crippen LogP contribution in [0, 0.1) is 11.6 Å². The van der Waals surface area contributed by atoms with Gasteiger partial charge < -0.3 is 5.32 Å². The molecule has 9 heteroatoms. The van der Waals surface area contributed by atoms with E-state index in [0.29, 0.717) is 10.5 Å². The lowest BCUT2D eigenvalue weighted by molar-refractivity contribution is -0.114. The second-order valence-corrected chi connectivity index (χ2v) is 7.74. The van der Waals surface area contributed by atoms with Crippen molar-refractivity contribution in [2.75, 3.05) is 22.4 Å². The van der Waals surface area contributed by atoms with Gasteiger partial charge in [0.15, 0.2) is 0 Å². The summed E-state index contributed by atoms with van der Waals surface area (Å²) in [5, 5.41) is 2.23. The summed E-state index contributed by atoms with van der Waals surface area (Å²) in [4.78, 5) is 12.1. The summed E-state index contributed by atoms with van der Waals surface area (Å²) in [7, 11) is -3.74. The third-order valence-corrected chi connectivity index (χ3v) is 4.62. The maximum atomic E-state index is 13.6. The highest BCUT2D eigenvalue weighted by Gasteiger charge is 2.21. The van der Waals surface area contributed by atoms with Gasteiger partial charge in [-0.05, 0) is 30.3 Å². The number of amides is 1. The van der Waals surface area contributed by atoms with E-state index in [9.17, 15) is 22.0 Å². The van der Waals surface area contributed by atoms with E-state index < -0.39 is 34.1 Å². The van der Waals surface area contributed by atoms with Gasteiger partial charge in [-0.3, -0.25) is 9.10 Å². The number of nitrogens with one attached hydrogen (secondary N) is 1. The number of rotatable bonds is 5. The second-order valence-electron chi connectivity index (χ2n) is 4.92. The average molecular weight is 419 g/mol. The van der Waals surface area contributed by atoms with E-state index in [1.54, 1.807) is 12.1 Å². The zero-order valence-electron chi connectivity index (χ0n) is 12.5. The summed E-state index contributed by atoms with van der Waals surface area (Å²) in [6.45, 7) is -0.550. The fourth-order valence-corrected chi connectivity index (χ4v) is 3.18. The van der Waals surface area contributed by atoms with E-state index >= 15 is 0 Å². The van der Waals surface area contributed by atoms with Crippen molar-refractivity contribution in [3.8, 4) is 0 Å². The largest absolute Gasteiger partial charge is 0.322 e. The van der Waals surface area contributed by atoms with Gasteiger partial charge in [-0.25, -0.2) is 17.2 Å². The topological polar surface area (TPSA) is 66.5 Å². The number of hydrogen-bond acceptors (Lipinski definition) is 3. The standard InChI is InChI=1S/C15H13BrF2N2O3S/c1-24(22,23)20(12-4-2-3-10(16)7-12)9-15(21)19-14-6-5-11(17)8-13(14)18/h2-8H,9H2,1H3,(H,19,21). The first kappa shape index (κ1) is 18.3. The van der Waals surface area contributed by atoms with E-state index in [2.05, 4.69) is 21.2 Å². The monoisotopic (exact) mass is 418 g/mol. The Bertz CT molecular complexity index is 875. The van der Waals surface area contributed by atoms with E-state index in [-0.39, 0.29) is 11.4 Å². The molecule has 1 amide bonds. The summed E-state index contributed by atoms with van der Waals surface area (Å²) in [6.07, 6.45) is 0.958. The van der Waals surface area contributed by atoms with Crippen LogP contribution in [-0.4, -0.2) is 27.1 Å². The van der Waals surface area contributed by atoms with Crippen molar-refractivity contribution in [3.63, 3.8) is 0 Å². The van der Waals surface area contributed by atoms with Gasteiger partial charge in [0.1, 0.15) is 18.2 Å². The maximum Gasteiger partial charge on any atom is 0.245 e. The Hall–Kier alpha value is -2.00. The Morgan fingerprint density at radius 2 is 1.92 bits per heavy atom. The van der Waals surface area contributed by atoms with Crippen molar-refractivity contribution in [1.29, 1.82) is 0 Å². The molecule has 2 aromatic carbocycles. The van der Waals surface area contributed by atoms with Crippen molar-refractivity contribution in [3.05, 3.63) is 58.6 Å². The number of carbonyl (C=O) groups excluding carboxylic acids is 1. The smallest absolute Gasteiger partial charge is 0.245 e. The Morgan fingerprint density at radius 1 is 1.21 bits per heavy atom. The van der Waals surface area contributed by atoms with E-state index in [1.165, 1.54) is 12.1 Å². The third-order valence-electron chi connectivity index (χ3n) is 2.99. The summed E-state index contributed by atoms with van der Waals surface area (Å²) < 4.78 is 51.9. The van der Waals surface area contributed by atoms with Crippen LogP contribution in [0.15, 0.2) is 46.9 Å². The zero-order valence-corrected chi connectivity index (χ0v) is 14.9. The molecule has 2 aromatic rings. The predicted molar refractivity (Wildman–Crippen MR) is 91.3 cm³/mol. The van der Waals surface area contributed by atoms with Crippen LogP contribution in [-0.2, 0) is 14.8 Å². The van der Waals surface area contributed by atoms with E-state index in [4.69, 9.17) is 0 Å². The molecule has 24 heavy (non-hydrogen) atoms. The van der Waals surface area contributed by atoms with Crippen LogP contribution in [0.3, 0.4) is 0 Å². The summed E-state index contributed by atoms with van der Waals surface area (Å²) in [5.41, 5.74) is 0.0469. The predicted octanol–water partition coefficient (Wildman–Crippen LogP) is 3.13. The van der Waals surface area contributed by atoms with Gasteiger partial charge in [0.05, 0.1) is 17.6 Å². The second kappa shape index (κ2) is 7.27. The lowest BCUT2D eigenvalue weighted by atomic mass is 10.3. The molecule has 0 aliphatic carbocycles. The summed E-state index contributed by atoms with van der Waals surface area (Å²) in [5.74, 6) is -2.49. The molecule has 0 fully saturated rings. The number of sulfonamides is 1. The molecule has 0 aliphatic heterocycles. The highest BCUT2D eigenvalue weighted by atomic mass is 79.9. The van der Waals surface area contributed by atoms with Gasteiger partial charge in [-0.15, -0.1) is 0 Å². The number of hydrogen-bond donors (Lipinski definition) is 1. The lowest BCUT2D eigenvalue weighted by Crippen LogP contribution is -2.37. The molecule has 0 radical (unpaired) electrons.